The molecule has 182 valence electrons. The molecule has 3 heterocycles. The SMILES string of the molecule is Cc1ccc([C@@H](C)NC(=O)c2nn3cc(-c4cnc5cccc(C)c5c4)[nH]c(=O)c3c2C(C)C)cc1. The van der Waals surface area contributed by atoms with Crippen LogP contribution in [0.5, 0.6) is 0 Å². The summed E-state index contributed by atoms with van der Waals surface area (Å²) in [6, 6.07) is 15.8. The Morgan fingerprint density at radius 2 is 1.81 bits per heavy atom. The Labute approximate surface area is 209 Å². The van der Waals surface area contributed by atoms with Gasteiger partial charge < -0.3 is 10.3 Å². The summed E-state index contributed by atoms with van der Waals surface area (Å²) >= 11 is 0. The van der Waals surface area contributed by atoms with Gasteiger partial charge in [0.1, 0.15) is 5.52 Å². The molecule has 1 atom stereocenters. The highest BCUT2D eigenvalue weighted by molar-refractivity contribution is 5.96. The number of benzene rings is 2. The normalized spacial score (nSPS) is 12.4. The molecule has 5 aromatic rings. The van der Waals surface area contributed by atoms with Crippen molar-refractivity contribution in [1.29, 1.82) is 0 Å². The molecule has 0 fully saturated rings. The number of pyridine rings is 1. The maximum atomic E-state index is 13.3. The van der Waals surface area contributed by atoms with Gasteiger partial charge in [0.05, 0.1) is 23.4 Å². The number of rotatable bonds is 5. The summed E-state index contributed by atoms with van der Waals surface area (Å²) in [6.07, 6.45) is 3.49. The quantitative estimate of drug-likeness (QED) is 0.350. The maximum absolute atomic E-state index is 13.3. The molecule has 0 radical (unpaired) electrons. The molecule has 0 saturated carbocycles. The van der Waals surface area contributed by atoms with E-state index in [9.17, 15) is 9.59 Å². The second-order valence-corrected chi connectivity index (χ2v) is 9.68. The third-order valence-electron chi connectivity index (χ3n) is 6.63. The van der Waals surface area contributed by atoms with Crippen LogP contribution in [0, 0.1) is 13.8 Å². The van der Waals surface area contributed by atoms with Crippen LogP contribution in [0.2, 0.25) is 0 Å². The Bertz CT molecular complexity index is 1660. The minimum Gasteiger partial charge on any atom is -0.344 e. The van der Waals surface area contributed by atoms with Gasteiger partial charge in [-0.3, -0.25) is 14.6 Å². The second kappa shape index (κ2) is 9.07. The first-order chi connectivity index (χ1) is 17.2. The molecule has 0 aliphatic rings. The molecular weight excluding hydrogens is 450 g/mol. The molecule has 0 aliphatic heterocycles. The van der Waals surface area contributed by atoms with Gasteiger partial charge in [-0.2, -0.15) is 5.10 Å². The van der Waals surface area contributed by atoms with Crippen LogP contribution in [0.25, 0.3) is 27.7 Å². The van der Waals surface area contributed by atoms with Crippen molar-refractivity contribution in [2.24, 2.45) is 0 Å². The Morgan fingerprint density at radius 3 is 2.53 bits per heavy atom. The van der Waals surface area contributed by atoms with Crippen LogP contribution in [-0.4, -0.2) is 25.5 Å². The number of nitrogens with zero attached hydrogens (tertiary/aromatic N) is 3. The van der Waals surface area contributed by atoms with E-state index in [-0.39, 0.29) is 29.1 Å². The van der Waals surface area contributed by atoms with Crippen LogP contribution in [0.1, 0.15) is 65.5 Å². The third kappa shape index (κ3) is 4.17. The molecule has 36 heavy (non-hydrogen) atoms. The van der Waals surface area contributed by atoms with Gasteiger partial charge in [-0.05, 0) is 49.9 Å². The third-order valence-corrected chi connectivity index (χ3v) is 6.63. The van der Waals surface area contributed by atoms with Gasteiger partial charge >= 0.3 is 0 Å². The largest absolute Gasteiger partial charge is 0.344 e. The first kappa shape index (κ1) is 23.5. The van der Waals surface area contributed by atoms with E-state index in [1.54, 1.807) is 12.4 Å². The summed E-state index contributed by atoms with van der Waals surface area (Å²) in [6.45, 7) is 9.92. The van der Waals surface area contributed by atoms with E-state index >= 15 is 0 Å². The Hall–Kier alpha value is -4.26. The highest BCUT2D eigenvalue weighted by Gasteiger charge is 2.25. The molecule has 0 spiro atoms. The molecule has 0 aliphatic carbocycles. The summed E-state index contributed by atoms with van der Waals surface area (Å²) < 4.78 is 1.52. The van der Waals surface area contributed by atoms with E-state index in [1.807, 2.05) is 83.1 Å². The van der Waals surface area contributed by atoms with Gasteiger partial charge in [-0.25, -0.2) is 4.52 Å². The monoisotopic (exact) mass is 479 g/mol. The van der Waals surface area contributed by atoms with E-state index < -0.39 is 0 Å². The number of fused-ring (bicyclic) bond motifs is 2. The fraction of sp³-hybridized carbons (Fsp3) is 0.241. The zero-order chi connectivity index (χ0) is 25.6. The number of hydrogen-bond donors (Lipinski definition) is 2. The van der Waals surface area contributed by atoms with Crippen LogP contribution < -0.4 is 10.9 Å². The number of carbonyl (C=O) groups excluding carboxylic acids is 1. The van der Waals surface area contributed by atoms with Crippen LogP contribution in [0.4, 0.5) is 0 Å². The second-order valence-electron chi connectivity index (χ2n) is 9.68. The van der Waals surface area contributed by atoms with Crippen molar-refractivity contribution in [2.45, 2.75) is 46.6 Å². The number of hydrogen-bond acceptors (Lipinski definition) is 4. The summed E-state index contributed by atoms with van der Waals surface area (Å²) in [5, 5.41) is 8.65. The fourth-order valence-electron chi connectivity index (χ4n) is 4.61. The van der Waals surface area contributed by atoms with Crippen LogP contribution >= 0.6 is 0 Å². The Morgan fingerprint density at radius 1 is 1.06 bits per heavy atom. The molecule has 7 heteroatoms. The number of H-pyrrole nitrogens is 1. The molecule has 1 amide bonds. The Kier molecular flexibility index (Phi) is 5.92. The van der Waals surface area contributed by atoms with Gasteiger partial charge in [0, 0.05) is 22.7 Å². The van der Waals surface area contributed by atoms with E-state index in [0.29, 0.717) is 16.8 Å². The van der Waals surface area contributed by atoms with Gasteiger partial charge in [-0.1, -0.05) is 55.8 Å². The van der Waals surface area contributed by atoms with Crippen LogP contribution in [0.15, 0.2) is 65.7 Å². The number of nitrogens with one attached hydrogen (secondary N) is 2. The van der Waals surface area contributed by atoms with Crippen LogP contribution in [-0.2, 0) is 0 Å². The summed E-state index contributed by atoms with van der Waals surface area (Å²) in [4.78, 5) is 34.1. The van der Waals surface area contributed by atoms with E-state index in [2.05, 4.69) is 20.4 Å². The first-order valence-electron chi connectivity index (χ1n) is 12.1. The fourth-order valence-corrected chi connectivity index (χ4v) is 4.61. The van der Waals surface area contributed by atoms with Crippen LogP contribution in [0.3, 0.4) is 0 Å². The van der Waals surface area contributed by atoms with Crippen molar-refractivity contribution in [3.63, 3.8) is 0 Å². The molecule has 0 saturated heterocycles. The lowest BCUT2D eigenvalue weighted by atomic mass is 10.0. The Balaban J connectivity index is 1.57. The predicted molar refractivity (Wildman–Crippen MR) is 142 cm³/mol. The molecule has 0 unspecified atom stereocenters. The minimum absolute atomic E-state index is 0.0742. The molecule has 5 rings (SSSR count). The number of aryl methyl sites for hydroxylation is 2. The smallest absolute Gasteiger partial charge is 0.274 e. The van der Waals surface area contributed by atoms with Crippen molar-refractivity contribution >= 4 is 22.3 Å². The van der Waals surface area contributed by atoms with Crippen molar-refractivity contribution in [3.8, 4) is 11.3 Å². The molecule has 2 aromatic carbocycles. The minimum atomic E-state index is -0.306. The number of amides is 1. The lowest BCUT2D eigenvalue weighted by Crippen LogP contribution is -2.28. The summed E-state index contributed by atoms with van der Waals surface area (Å²) in [7, 11) is 0. The lowest BCUT2D eigenvalue weighted by molar-refractivity contribution is 0.0933. The average molecular weight is 480 g/mol. The number of carbonyl (C=O) groups is 1. The molecule has 7 nitrogen and oxygen atoms in total. The number of aromatic nitrogens is 4. The van der Waals surface area contributed by atoms with E-state index in [0.717, 1.165) is 33.2 Å². The molecule has 2 N–H and O–H groups in total. The number of aromatic amines is 1. The molecule has 0 bridgehead atoms. The first-order valence-corrected chi connectivity index (χ1v) is 12.1. The van der Waals surface area contributed by atoms with Gasteiger partial charge in [0.25, 0.3) is 11.5 Å². The van der Waals surface area contributed by atoms with Gasteiger partial charge in [0.15, 0.2) is 5.69 Å². The molecular formula is C29H29N5O2. The van der Waals surface area contributed by atoms with Crippen molar-refractivity contribution < 1.29 is 4.79 Å². The predicted octanol–water partition coefficient (Wildman–Crippen LogP) is 5.47. The topological polar surface area (TPSA) is 92.2 Å². The summed E-state index contributed by atoms with van der Waals surface area (Å²) in [5.74, 6) is -0.380. The standard InChI is InChI=1S/C29H29N5O2/c1-16(2)25-26(28(35)31-19(5)20-11-9-17(3)10-12-20)33-34-15-24(32-29(36)27(25)34)21-13-22-18(4)7-6-8-23(22)30-14-21/h6-16,19H,1-5H3,(H,31,35)(H,32,36)/t19-/m1/s1. The highest BCUT2D eigenvalue weighted by atomic mass is 16.2. The zero-order valence-electron chi connectivity index (χ0n) is 21.1. The molecule has 3 aromatic heterocycles. The highest BCUT2D eigenvalue weighted by Crippen LogP contribution is 2.27. The summed E-state index contributed by atoms with van der Waals surface area (Å²) in [5.41, 5.74) is 6.50. The zero-order valence-corrected chi connectivity index (χ0v) is 21.1. The van der Waals surface area contributed by atoms with E-state index in [1.165, 1.54) is 4.52 Å². The van der Waals surface area contributed by atoms with Gasteiger partial charge in [-0.15, -0.1) is 0 Å². The van der Waals surface area contributed by atoms with Crippen molar-refractivity contribution in [2.75, 3.05) is 0 Å². The lowest BCUT2D eigenvalue weighted by Gasteiger charge is -2.15. The van der Waals surface area contributed by atoms with E-state index in [4.69, 9.17) is 0 Å². The van der Waals surface area contributed by atoms with Crippen molar-refractivity contribution in [1.82, 2.24) is 24.9 Å². The van der Waals surface area contributed by atoms with Gasteiger partial charge in [0.2, 0.25) is 0 Å². The average Bonchev–Trinajstić information content (AvgIpc) is 3.25. The maximum Gasteiger partial charge on any atom is 0.274 e. The van der Waals surface area contributed by atoms with Crippen molar-refractivity contribution in [3.05, 3.63) is 99.2 Å².